The quantitative estimate of drug-likeness (QED) is 0.513. The Labute approximate surface area is 173 Å². The number of halogens is 1. The highest BCUT2D eigenvalue weighted by atomic mass is 35.5. The summed E-state index contributed by atoms with van der Waals surface area (Å²) < 4.78 is 11.2. The minimum Gasteiger partial charge on any atom is -0.493 e. The predicted molar refractivity (Wildman–Crippen MR) is 110 cm³/mol. The van der Waals surface area contributed by atoms with Crippen molar-refractivity contribution >= 4 is 28.9 Å². The largest absolute Gasteiger partial charge is 0.493 e. The maximum atomic E-state index is 12.5. The number of rotatable bonds is 8. The molecule has 8 nitrogen and oxygen atoms in total. The average molecular weight is 420 g/mol. The maximum Gasteiger partial charge on any atom is 0.282 e. The maximum absolute atomic E-state index is 12.5. The Kier molecular flexibility index (Phi) is 6.90. The standard InChI is InChI=1S/C20H22ClN3O5/c1-28-19-13-15(5-7-18(19)29-11-10-23-8-2-3-9-23)22-20(25)16-12-14(21)4-6-17(16)24(26)27/h4-7,12-13H,2-3,8-11H2,1H3,(H,22,25). The number of amides is 1. The topological polar surface area (TPSA) is 93.9 Å². The van der Waals surface area contributed by atoms with Gasteiger partial charge in [-0.1, -0.05) is 11.6 Å². The lowest BCUT2D eigenvalue weighted by Crippen LogP contribution is -2.25. The number of nitrogens with one attached hydrogen (secondary N) is 1. The molecule has 9 heteroatoms. The van der Waals surface area contributed by atoms with Crippen LogP contribution in [0.2, 0.25) is 5.02 Å². The van der Waals surface area contributed by atoms with E-state index in [1.807, 2.05) is 0 Å². The van der Waals surface area contributed by atoms with Gasteiger partial charge in [-0.05, 0) is 50.2 Å². The Hall–Kier alpha value is -2.84. The highest BCUT2D eigenvalue weighted by Gasteiger charge is 2.21. The number of nitro groups is 1. The van der Waals surface area contributed by atoms with Crippen molar-refractivity contribution in [3.8, 4) is 11.5 Å². The van der Waals surface area contributed by atoms with Crippen LogP contribution in [0.1, 0.15) is 23.2 Å². The van der Waals surface area contributed by atoms with Crippen molar-refractivity contribution in [3.63, 3.8) is 0 Å². The summed E-state index contributed by atoms with van der Waals surface area (Å²) in [6, 6.07) is 8.80. The normalized spacial score (nSPS) is 13.9. The van der Waals surface area contributed by atoms with Gasteiger partial charge in [0.05, 0.1) is 12.0 Å². The molecule has 0 aromatic heterocycles. The molecule has 1 amide bonds. The summed E-state index contributed by atoms with van der Waals surface area (Å²) in [5, 5.41) is 14.0. The van der Waals surface area contributed by atoms with Gasteiger partial charge >= 0.3 is 0 Å². The Morgan fingerprint density at radius 1 is 1.21 bits per heavy atom. The van der Waals surface area contributed by atoms with Gasteiger partial charge in [-0.15, -0.1) is 0 Å². The Balaban J connectivity index is 1.69. The summed E-state index contributed by atoms with van der Waals surface area (Å²) in [5.41, 5.74) is -0.0128. The van der Waals surface area contributed by atoms with Gasteiger partial charge < -0.3 is 14.8 Å². The molecular formula is C20H22ClN3O5. The predicted octanol–water partition coefficient (Wildman–Crippen LogP) is 3.98. The molecule has 1 heterocycles. The van der Waals surface area contributed by atoms with Crippen molar-refractivity contribution in [1.29, 1.82) is 0 Å². The first-order chi connectivity index (χ1) is 14.0. The third kappa shape index (κ3) is 5.36. The lowest BCUT2D eigenvalue weighted by atomic mass is 10.1. The zero-order valence-corrected chi connectivity index (χ0v) is 16.8. The van der Waals surface area contributed by atoms with Gasteiger partial charge in [0, 0.05) is 29.4 Å². The van der Waals surface area contributed by atoms with E-state index in [1.165, 1.54) is 38.2 Å². The molecule has 1 aliphatic rings. The average Bonchev–Trinajstić information content (AvgIpc) is 3.22. The fourth-order valence-electron chi connectivity index (χ4n) is 3.20. The number of benzene rings is 2. The molecule has 3 rings (SSSR count). The number of methoxy groups -OCH3 is 1. The minimum absolute atomic E-state index is 0.118. The van der Waals surface area contributed by atoms with E-state index in [1.54, 1.807) is 18.2 Å². The van der Waals surface area contributed by atoms with Crippen molar-refractivity contribution in [3.05, 3.63) is 57.1 Å². The van der Waals surface area contributed by atoms with Crippen molar-refractivity contribution in [2.24, 2.45) is 0 Å². The molecule has 0 unspecified atom stereocenters. The zero-order chi connectivity index (χ0) is 20.8. The molecule has 1 aliphatic heterocycles. The van der Waals surface area contributed by atoms with E-state index in [0.29, 0.717) is 23.8 Å². The first-order valence-corrected chi connectivity index (χ1v) is 9.64. The van der Waals surface area contributed by atoms with E-state index in [0.717, 1.165) is 19.6 Å². The molecule has 0 aliphatic carbocycles. The molecular weight excluding hydrogens is 398 g/mol. The monoisotopic (exact) mass is 419 g/mol. The van der Waals surface area contributed by atoms with Crippen molar-refractivity contribution in [2.45, 2.75) is 12.8 Å². The third-order valence-electron chi connectivity index (χ3n) is 4.69. The van der Waals surface area contributed by atoms with Gasteiger partial charge in [-0.3, -0.25) is 19.8 Å². The lowest BCUT2D eigenvalue weighted by Gasteiger charge is -2.16. The molecule has 2 aromatic carbocycles. The van der Waals surface area contributed by atoms with Crippen LogP contribution in [-0.4, -0.2) is 49.1 Å². The van der Waals surface area contributed by atoms with Gasteiger partial charge in [0.25, 0.3) is 11.6 Å². The highest BCUT2D eigenvalue weighted by molar-refractivity contribution is 6.31. The minimum atomic E-state index is -0.635. The first-order valence-electron chi connectivity index (χ1n) is 9.26. The second-order valence-corrected chi connectivity index (χ2v) is 7.07. The number of hydrogen-bond donors (Lipinski definition) is 1. The summed E-state index contributed by atoms with van der Waals surface area (Å²) in [4.78, 5) is 25.4. The van der Waals surface area contributed by atoms with Crippen molar-refractivity contribution in [2.75, 3.05) is 38.7 Å². The smallest absolute Gasteiger partial charge is 0.282 e. The lowest BCUT2D eigenvalue weighted by molar-refractivity contribution is -0.385. The second kappa shape index (κ2) is 9.58. The van der Waals surface area contributed by atoms with Crippen molar-refractivity contribution in [1.82, 2.24) is 4.90 Å². The number of nitro benzene ring substituents is 1. The van der Waals surface area contributed by atoms with Gasteiger partial charge in [-0.25, -0.2) is 0 Å². The Morgan fingerprint density at radius 3 is 2.66 bits per heavy atom. The van der Waals surface area contributed by atoms with Gasteiger partial charge in [0.2, 0.25) is 0 Å². The van der Waals surface area contributed by atoms with Crippen LogP contribution in [0.15, 0.2) is 36.4 Å². The van der Waals surface area contributed by atoms with Gasteiger partial charge in [0.1, 0.15) is 12.2 Å². The SMILES string of the molecule is COc1cc(NC(=O)c2cc(Cl)ccc2[N+](=O)[O-])ccc1OCCN1CCCC1. The van der Waals surface area contributed by atoms with Crippen LogP contribution in [0.5, 0.6) is 11.5 Å². The fourth-order valence-corrected chi connectivity index (χ4v) is 3.38. The molecule has 0 saturated carbocycles. The molecule has 2 aromatic rings. The van der Waals surface area contributed by atoms with Crippen LogP contribution in [0, 0.1) is 10.1 Å². The Morgan fingerprint density at radius 2 is 1.97 bits per heavy atom. The Bertz CT molecular complexity index is 900. The number of nitrogens with zero attached hydrogens (tertiary/aromatic N) is 2. The fraction of sp³-hybridized carbons (Fsp3) is 0.350. The number of likely N-dealkylation sites (tertiary alicyclic amines) is 1. The van der Waals surface area contributed by atoms with E-state index in [-0.39, 0.29) is 16.3 Å². The van der Waals surface area contributed by atoms with Crippen LogP contribution < -0.4 is 14.8 Å². The molecule has 1 fully saturated rings. The van der Waals surface area contributed by atoms with E-state index in [4.69, 9.17) is 21.1 Å². The molecule has 0 radical (unpaired) electrons. The highest BCUT2D eigenvalue weighted by Crippen LogP contribution is 2.31. The van der Waals surface area contributed by atoms with Crippen LogP contribution in [-0.2, 0) is 0 Å². The number of carbonyl (C=O) groups excluding carboxylic acids is 1. The van der Waals surface area contributed by atoms with E-state index in [9.17, 15) is 14.9 Å². The molecule has 0 atom stereocenters. The molecule has 154 valence electrons. The molecule has 1 N–H and O–H groups in total. The first kappa shape index (κ1) is 20.9. The number of hydrogen-bond acceptors (Lipinski definition) is 6. The van der Waals surface area contributed by atoms with E-state index in [2.05, 4.69) is 10.2 Å². The molecule has 0 spiro atoms. The third-order valence-corrected chi connectivity index (χ3v) is 4.92. The van der Waals surface area contributed by atoms with E-state index >= 15 is 0 Å². The van der Waals surface area contributed by atoms with Gasteiger partial charge in [0.15, 0.2) is 11.5 Å². The number of ether oxygens (including phenoxy) is 2. The summed E-state index contributed by atoms with van der Waals surface area (Å²) in [6.07, 6.45) is 2.45. The van der Waals surface area contributed by atoms with Crippen LogP contribution in [0.25, 0.3) is 0 Å². The molecule has 29 heavy (non-hydrogen) atoms. The van der Waals surface area contributed by atoms with E-state index < -0.39 is 10.8 Å². The number of anilines is 1. The second-order valence-electron chi connectivity index (χ2n) is 6.64. The zero-order valence-electron chi connectivity index (χ0n) is 16.0. The number of carbonyl (C=O) groups is 1. The van der Waals surface area contributed by atoms with Gasteiger partial charge in [-0.2, -0.15) is 0 Å². The molecule has 1 saturated heterocycles. The van der Waals surface area contributed by atoms with Crippen LogP contribution >= 0.6 is 11.6 Å². The summed E-state index contributed by atoms with van der Waals surface area (Å²) >= 11 is 5.89. The van der Waals surface area contributed by atoms with Crippen LogP contribution in [0.4, 0.5) is 11.4 Å². The summed E-state index contributed by atoms with van der Waals surface area (Å²) in [7, 11) is 1.51. The van der Waals surface area contributed by atoms with Crippen LogP contribution in [0.3, 0.4) is 0 Å². The summed E-state index contributed by atoms with van der Waals surface area (Å²) in [5.74, 6) is 0.396. The summed E-state index contributed by atoms with van der Waals surface area (Å²) in [6.45, 7) is 3.58. The van der Waals surface area contributed by atoms with Crippen molar-refractivity contribution < 1.29 is 19.2 Å². The molecule has 0 bridgehead atoms.